The molecule has 1 amide bonds. The van der Waals surface area contributed by atoms with Gasteiger partial charge >= 0.3 is 0 Å². The van der Waals surface area contributed by atoms with Gasteiger partial charge in [0.2, 0.25) is 11.1 Å². The van der Waals surface area contributed by atoms with Gasteiger partial charge in [-0.3, -0.25) is 4.79 Å². The monoisotopic (exact) mass is 423 g/mol. The lowest BCUT2D eigenvalue weighted by Crippen LogP contribution is -2.31. The number of allylic oxidation sites excluding steroid dienone is 1. The molecule has 0 bridgehead atoms. The largest absolute Gasteiger partial charge is 0.328 e. The molecule has 0 saturated carbocycles. The Labute approximate surface area is 178 Å². The fourth-order valence-corrected chi connectivity index (χ4v) is 4.03. The third kappa shape index (κ3) is 3.82. The van der Waals surface area contributed by atoms with Gasteiger partial charge in [0.25, 0.3) is 5.91 Å². The Hall–Kier alpha value is -3.13. The zero-order chi connectivity index (χ0) is 21.3. The van der Waals surface area contributed by atoms with E-state index in [1.54, 1.807) is 16.8 Å². The van der Waals surface area contributed by atoms with Crippen LogP contribution in [0.2, 0.25) is 0 Å². The molecular formula is C22H22FN5OS. The molecule has 8 heteroatoms. The number of amides is 1. The molecule has 0 unspecified atom stereocenters. The summed E-state index contributed by atoms with van der Waals surface area (Å²) >= 11 is 1.52. The van der Waals surface area contributed by atoms with Crippen LogP contribution in [0.5, 0.6) is 0 Å². The van der Waals surface area contributed by atoms with Crippen LogP contribution in [0.4, 0.5) is 16.0 Å². The van der Waals surface area contributed by atoms with Crippen molar-refractivity contribution in [3.63, 3.8) is 0 Å². The Morgan fingerprint density at radius 3 is 2.63 bits per heavy atom. The van der Waals surface area contributed by atoms with Crippen molar-refractivity contribution in [1.82, 2.24) is 14.8 Å². The smallest absolute Gasteiger partial charge is 0.255 e. The molecule has 4 rings (SSSR count). The number of aryl methyl sites for hydroxylation is 1. The van der Waals surface area contributed by atoms with Crippen molar-refractivity contribution in [2.75, 3.05) is 16.4 Å². The number of para-hydroxylation sites is 1. The summed E-state index contributed by atoms with van der Waals surface area (Å²) in [6.07, 6.45) is 0. The minimum absolute atomic E-state index is 0.241. The fraction of sp³-hybridized carbons (Fsp3) is 0.227. The molecule has 154 valence electrons. The van der Waals surface area contributed by atoms with Crippen LogP contribution in [-0.4, -0.2) is 26.4 Å². The molecule has 2 aromatic carbocycles. The first-order chi connectivity index (χ1) is 14.5. The van der Waals surface area contributed by atoms with E-state index in [2.05, 4.69) is 20.7 Å². The second kappa shape index (κ2) is 8.31. The average Bonchev–Trinajstić information content (AvgIpc) is 3.11. The molecule has 2 N–H and O–H groups in total. The highest BCUT2D eigenvalue weighted by molar-refractivity contribution is 7.99. The molecule has 6 nitrogen and oxygen atoms in total. The van der Waals surface area contributed by atoms with Gasteiger partial charge in [0.05, 0.1) is 5.57 Å². The van der Waals surface area contributed by atoms with Gasteiger partial charge in [0.1, 0.15) is 11.9 Å². The fourth-order valence-electron chi connectivity index (χ4n) is 3.47. The first-order valence-corrected chi connectivity index (χ1v) is 10.7. The zero-order valence-corrected chi connectivity index (χ0v) is 17.8. The Morgan fingerprint density at radius 2 is 1.93 bits per heavy atom. The van der Waals surface area contributed by atoms with Crippen molar-refractivity contribution in [3.8, 4) is 0 Å². The molecule has 0 spiro atoms. The number of halogens is 1. The maximum Gasteiger partial charge on any atom is 0.255 e. The number of carbonyl (C=O) groups excluding carboxylic acids is 1. The molecule has 1 atom stereocenters. The minimum Gasteiger partial charge on any atom is -0.328 e. The van der Waals surface area contributed by atoms with E-state index in [1.807, 2.05) is 45.0 Å². The predicted molar refractivity (Wildman–Crippen MR) is 117 cm³/mol. The molecule has 0 fully saturated rings. The minimum atomic E-state index is -0.524. The van der Waals surface area contributed by atoms with Gasteiger partial charge in [-0.05, 0) is 48.9 Å². The summed E-state index contributed by atoms with van der Waals surface area (Å²) in [7, 11) is 0. The lowest BCUT2D eigenvalue weighted by Gasteiger charge is -2.28. The molecule has 0 aliphatic carbocycles. The summed E-state index contributed by atoms with van der Waals surface area (Å²) in [5.74, 6) is 0.817. The van der Waals surface area contributed by atoms with Crippen LogP contribution in [0.15, 0.2) is 65.0 Å². The number of hydrogen-bond donors (Lipinski definition) is 2. The second-order valence-corrected chi connectivity index (χ2v) is 8.21. The van der Waals surface area contributed by atoms with Crippen LogP contribution in [0.1, 0.15) is 31.0 Å². The highest BCUT2D eigenvalue weighted by atomic mass is 32.2. The van der Waals surface area contributed by atoms with Crippen LogP contribution >= 0.6 is 11.8 Å². The number of anilines is 2. The molecule has 2 heterocycles. The van der Waals surface area contributed by atoms with Crippen molar-refractivity contribution < 1.29 is 9.18 Å². The van der Waals surface area contributed by atoms with E-state index >= 15 is 0 Å². The maximum absolute atomic E-state index is 13.6. The summed E-state index contributed by atoms with van der Waals surface area (Å²) in [5.41, 5.74) is 3.66. The van der Waals surface area contributed by atoms with Crippen LogP contribution in [0, 0.1) is 12.7 Å². The van der Waals surface area contributed by atoms with Gasteiger partial charge in [-0.1, -0.05) is 49.0 Å². The predicted octanol–water partition coefficient (Wildman–Crippen LogP) is 4.77. The molecule has 1 aromatic heterocycles. The van der Waals surface area contributed by atoms with Crippen LogP contribution < -0.4 is 10.6 Å². The van der Waals surface area contributed by atoms with Gasteiger partial charge in [0, 0.05) is 11.4 Å². The number of carbonyl (C=O) groups is 1. The number of nitrogens with one attached hydrogen (secondary N) is 2. The molecule has 0 radical (unpaired) electrons. The number of nitrogens with zero attached hydrogens (tertiary/aromatic N) is 3. The normalized spacial score (nSPS) is 15.5. The molecule has 1 aliphatic heterocycles. The van der Waals surface area contributed by atoms with E-state index in [4.69, 9.17) is 0 Å². The van der Waals surface area contributed by atoms with Crippen LogP contribution in [0.3, 0.4) is 0 Å². The molecule has 30 heavy (non-hydrogen) atoms. The van der Waals surface area contributed by atoms with Gasteiger partial charge in [-0.2, -0.15) is 4.98 Å². The molecular weight excluding hydrogens is 401 g/mol. The summed E-state index contributed by atoms with van der Waals surface area (Å²) in [6.45, 7) is 5.81. The van der Waals surface area contributed by atoms with E-state index in [9.17, 15) is 9.18 Å². The topological polar surface area (TPSA) is 71.8 Å². The number of fused-ring (bicyclic) bond motifs is 1. The van der Waals surface area contributed by atoms with Gasteiger partial charge in [-0.15, -0.1) is 5.10 Å². The SMILES string of the molecule is CCSc1nc2n(n1)[C@@H](c1ccc(F)cc1)C(C(=O)Nc1ccccc1C)=C(C)N2. The summed E-state index contributed by atoms with van der Waals surface area (Å²) in [4.78, 5) is 17.9. The van der Waals surface area contributed by atoms with Crippen molar-refractivity contribution in [3.05, 3.63) is 76.7 Å². The van der Waals surface area contributed by atoms with E-state index in [0.29, 0.717) is 22.4 Å². The van der Waals surface area contributed by atoms with Crippen LogP contribution in [-0.2, 0) is 4.79 Å². The first kappa shape index (κ1) is 20.2. The van der Waals surface area contributed by atoms with Crippen LogP contribution in [0.25, 0.3) is 0 Å². The summed E-state index contributed by atoms with van der Waals surface area (Å²) in [5, 5.41) is 11.4. The molecule has 0 saturated heterocycles. The molecule has 3 aromatic rings. The van der Waals surface area contributed by atoms with Gasteiger partial charge < -0.3 is 10.6 Å². The highest BCUT2D eigenvalue weighted by Crippen LogP contribution is 2.36. The highest BCUT2D eigenvalue weighted by Gasteiger charge is 2.34. The van der Waals surface area contributed by atoms with Crippen molar-refractivity contribution >= 4 is 29.3 Å². The third-order valence-corrected chi connectivity index (χ3v) is 5.65. The zero-order valence-electron chi connectivity index (χ0n) is 16.9. The first-order valence-electron chi connectivity index (χ1n) is 9.67. The summed E-state index contributed by atoms with van der Waals surface area (Å²) in [6, 6.07) is 13.2. The second-order valence-electron chi connectivity index (χ2n) is 6.98. The van der Waals surface area contributed by atoms with Crippen molar-refractivity contribution in [1.29, 1.82) is 0 Å². The average molecular weight is 424 g/mol. The molecule has 1 aliphatic rings. The van der Waals surface area contributed by atoms with Gasteiger partial charge in [-0.25, -0.2) is 9.07 Å². The van der Waals surface area contributed by atoms with Crippen molar-refractivity contribution in [2.24, 2.45) is 0 Å². The Morgan fingerprint density at radius 1 is 1.20 bits per heavy atom. The van der Waals surface area contributed by atoms with Crippen molar-refractivity contribution in [2.45, 2.75) is 32.0 Å². The maximum atomic E-state index is 13.6. The summed E-state index contributed by atoms with van der Waals surface area (Å²) < 4.78 is 15.3. The lowest BCUT2D eigenvalue weighted by atomic mass is 9.95. The lowest BCUT2D eigenvalue weighted by molar-refractivity contribution is -0.113. The Bertz CT molecular complexity index is 1120. The van der Waals surface area contributed by atoms with E-state index in [-0.39, 0.29) is 11.7 Å². The number of benzene rings is 2. The number of thioether (sulfide) groups is 1. The number of aromatic nitrogens is 3. The Kier molecular flexibility index (Phi) is 5.59. The van der Waals surface area contributed by atoms with E-state index in [1.165, 1.54) is 23.9 Å². The quantitative estimate of drug-likeness (QED) is 0.579. The standard InChI is InChI=1S/C22H22FN5OS/c1-4-30-22-26-21-24-14(3)18(20(29)25-17-8-6-5-7-13(17)2)19(28(21)27-22)15-9-11-16(23)12-10-15/h5-12,19H,4H2,1-3H3,(H,25,29)(H,24,26,27)/t19-/m0/s1. The van der Waals surface area contributed by atoms with E-state index < -0.39 is 6.04 Å². The number of hydrogen-bond acceptors (Lipinski definition) is 5. The third-order valence-electron chi connectivity index (χ3n) is 4.93. The Balaban J connectivity index is 1.78. The number of rotatable bonds is 5. The van der Waals surface area contributed by atoms with Gasteiger partial charge in [0.15, 0.2) is 0 Å². The van der Waals surface area contributed by atoms with E-state index in [0.717, 1.165) is 22.6 Å².